The maximum atomic E-state index is 13.4. The predicted octanol–water partition coefficient (Wildman–Crippen LogP) is 4.43. The van der Waals surface area contributed by atoms with E-state index in [0.29, 0.717) is 18.1 Å². The molecule has 5 nitrogen and oxygen atoms in total. The molecule has 0 bridgehead atoms. The third-order valence-electron chi connectivity index (χ3n) is 5.54. The Hall–Kier alpha value is -3.08. The summed E-state index contributed by atoms with van der Waals surface area (Å²) in [5.74, 6) is 1.44. The average Bonchev–Trinajstić information content (AvgIpc) is 3.37. The summed E-state index contributed by atoms with van der Waals surface area (Å²) in [7, 11) is 1.62. The van der Waals surface area contributed by atoms with Crippen LogP contribution in [0.15, 0.2) is 65.5 Å². The molecule has 0 radical (unpaired) electrons. The van der Waals surface area contributed by atoms with Gasteiger partial charge in [0.15, 0.2) is 12.2 Å². The highest BCUT2D eigenvalue weighted by atomic mass is 16.5. The van der Waals surface area contributed by atoms with Crippen LogP contribution in [0.2, 0.25) is 0 Å². The lowest BCUT2D eigenvalue weighted by atomic mass is 9.77. The molecule has 1 amide bonds. The molecule has 1 fully saturated rings. The van der Waals surface area contributed by atoms with Crippen molar-refractivity contribution in [2.45, 2.75) is 25.2 Å². The summed E-state index contributed by atoms with van der Waals surface area (Å²) in [5.41, 5.74) is 2.28. The molecule has 1 saturated heterocycles. The third-order valence-corrected chi connectivity index (χ3v) is 5.54. The first-order valence-corrected chi connectivity index (χ1v) is 9.14. The van der Waals surface area contributed by atoms with E-state index >= 15 is 0 Å². The van der Waals surface area contributed by atoms with Crippen molar-refractivity contribution in [3.05, 3.63) is 66.7 Å². The Labute approximate surface area is 158 Å². The largest absolute Gasteiger partial charge is 0.496 e. The van der Waals surface area contributed by atoms with Gasteiger partial charge in [-0.15, -0.1) is 0 Å². The van der Waals surface area contributed by atoms with Crippen LogP contribution in [0.25, 0.3) is 11.3 Å². The van der Waals surface area contributed by atoms with Gasteiger partial charge in [-0.1, -0.05) is 37.3 Å². The number of hydrogen-bond acceptors (Lipinski definition) is 4. The first-order valence-electron chi connectivity index (χ1n) is 9.14. The lowest BCUT2D eigenvalue weighted by Crippen LogP contribution is -2.37. The van der Waals surface area contributed by atoms with E-state index in [2.05, 4.69) is 24.0 Å². The molecular formula is C22H22N2O3. The summed E-state index contributed by atoms with van der Waals surface area (Å²) < 4.78 is 10.9. The molecule has 0 N–H and O–H groups in total. The molecular weight excluding hydrogens is 340 g/mol. The quantitative estimate of drug-likeness (QED) is 0.673. The van der Waals surface area contributed by atoms with Crippen LogP contribution in [0, 0.1) is 0 Å². The zero-order chi connectivity index (χ0) is 18.9. The molecule has 1 aromatic heterocycles. The van der Waals surface area contributed by atoms with Crippen LogP contribution in [0.3, 0.4) is 0 Å². The van der Waals surface area contributed by atoms with Crippen LogP contribution in [-0.2, 0) is 10.2 Å². The van der Waals surface area contributed by atoms with E-state index in [4.69, 9.17) is 9.15 Å². The van der Waals surface area contributed by atoms with Gasteiger partial charge in [0.2, 0.25) is 5.91 Å². The second-order valence-corrected chi connectivity index (χ2v) is 6.76. The molecule has 2 heterocycles. The number of aromatic nitrogens is 1. The van der Waals surface area contributed by atoms with Gasteiger partial charge < -0.3 is 14.1 Å². The van der Waals surface area contributed by atoms with Crippen LogP contribution in [-0.4, -0.2) is 24.5 Å². The molecule has 0 aliphatic carbocycles. The SMILES string of the molecule is CCC1(c2ccccc2)CCN(c2ccc(-c3cnco3)c(OC)c2)C1=O. The van der Waals surface area contributed by atoms with Crippen molar-refractivity contribution in [2.24, 2.45) is 0 Å². The molecule has 1 aliphatic rings. The normalized spacial score (nSPS) is 19.5. The van der Waals surface area contributed by atoms with Crippen LogP contribution in [0.5, 0.6) is 5.75 Å². The van der Waals surface area contributed by atoms with Crippen LogP contribution < -0.4 is 9.64 Å². The molecule has 5 heteroatoms. The van der Waals surface area contributed by atoms with E-state index < -0.39 is 5.41 Å². The van der Waals surface area contributed by atoms with Gasteiger partial charge in [0.1, 0.15) is 5.75 Å². The van der Waals surface area contributed by atoms with Gasteiger partial charge in [-0.25, -0.2) is 4.98 Å². The van der Waals surface area contributed by atoms with Crippen molar-refractivity contribution in [1.82, 2.24) is 4.98 Å². The predicted molar refractivity (Wildman–Crippen MR) is 104 cm³/mol. The van der Waals surface area contributed by atoms with Crippen molar-refractivity contribution in [3.8, 4) is 17.1 Å². The van der Waals surface area contributed by atoms with Gasteiger partial charge in [-0.2, -0.15) is 0 Å². The summed E-state index contributed by atoms with van der Waals surface area (Å²) >= 11 is 0. The number of hydrogen-bond donors (Lipinski definition) is 0. The van der Waals surface area contributed by atoms with Gasteiger partial charge in [-0.05, 0) is 30.5 Å². The third kappa shape index (κ3) is 2.79. The van der Waals surface area contributed by atoms with Crippen LogP contribution >= 0.6 is 0 Å². The minimum Gasteiger partial charge on any atom is -0.496 e. The Morgan fingerprint density at radius 2 is 2.04 bits per heavy atom. The molecule has 0 spiro atoms. The summed E-state index contributed by atoms with van der Waals surface area (Å²) in [6, 6.07) is 15.8. The van der Waals surface area contributed by atoms with E-state index in [1.807, 2.05) is 41.3 Å². The van der Waals surface area contributed by atoms with E-state index in [1.165, 1.54) is 6.39 Å². The van der Waals surface area contributed by atoms with Crippen molar-refractivity contribution in [2.75, 3.05) is 18.6 Å². The maximum absolute atomic E-state index is 13.4. The number of ether oxygens (including phenoxy) is 1. The molecule has 1 aliphatic heterocycles. The zero-order valence-corrected chi connectivity index (χ0v) is 15.5. The van der Waals surface area contributed by atoms with Gasteiger partial charge in [0, 0.05) is 18.3 Å². The van der Waals surface area contributed by atoms with Gasteiger partial charge in [0.05, 0.1) is 24.3 Å². The number of methoxy groups -OCH3 is 1. The Bertz CT molecular complexity index is 937. The highest BCUT2D eigenvalue weighted by molar-refractivity contribution is 6.03. The number of amides is 1. The van der Waals surface area contributed by atoms with Crippen molar-refractivity contribution in [3.63, 3.8) is 0 Å². The number of benzene rings is 2. The number of rotatable bonds is 5. The minimum atomic E-state index is -0.460. The Morgan fingerprint density at radius 3 is 2.70 bits per heavy atom. The molecule has 27 heavy (non-hydrogen) atoms. The first kappa shape index (κ1) is 17.3. The first-order chi connectivity index (χ1) is 13.2. The number of oxazole rings is 1. The standard InChI is InChI=1S/C22H22N2O3/c1-3-22(16-7-5-4-6-8-16)11-12-24(21(22)25)17-9-10-18(19(13-17)26-2)20-14-23-15-27-20/h4-10,13-15H,3,11-12H2,1-2H3. The molecule has 1 atom stereocenters. The minimum absolute atomic E-state index is 0.144. The Balaban J connectivity index is 1.70. The Kier molecular flexibility index (Phi) is 4.44. The lowest BCUT2D eigenvalue weighted by Gasteiger charge is -2.27. The fourth-order valence-corrected chi connectivity index (χ4v) is 3.97. The lowest BCUT2D eigenvalue weighted by molar-refractivity contribution is -0.122. The molecule has 2 aromatic carbocycles. The number of anilines is 1. The van der Waals surface area contributed by atoms with Crippen LogP contribution in [0.1, 0.15) is 25.3 Å². The van der Waals surface area contributed by atoms with E-state index in [0.717, 1.165) is 29.7 Å². The summed E-state index contributed by atoms with van der Waals surface area (Å²) in [4.78, 5) is 19.3. The second kappa shape index (κ2) is 6.91. The number of carbonyl (C=O) groups excluding carboxylic acids is 1. The summed E-state index contributed by atoms with van der Waals surface area (Å²) in [6.45, 7) is 2.77. The van der Waals surface area contributed by atoms with Crippen molar-refractivity contribution >= 4 is 11.6 Å². The van der Waals surface area contributed by atoms with Crippen molar-refractivity contribution < 1.29 is 13.9 Å². The number of nitrogens with zero attached hydrogens (tertiary/aromatic N) is 2. The molecule has 138 valence electrons. The van der Waals surface area contributed by atoms with E-state index in [9.17, 15) is 4.79 Å². The molecule has 0 saturated carbocycles. The fourth-order valence-electron chi connectivity index (χ4n) is 3.97. The van der Waals surface area contributed by atoms with Crippen molar-refractivity contribution in [1.29, 1.82) is 0 Å². The molecule has 3 aromatic rings. The monoisotopic (exact) mass is 362 g/mol. The van der Waals surface area contributed by atoms with Gasteiger partial charge in [0.25, 0.3) is 0 Å². The van der Waals surface area contributed by atoms with Gasteiger partial charge >= 0.3 is 0 Å². The van der Waals surface area contributed by atoms with Gasteiger partial charge in [-0.3, -0.25) is 4.79 Å². The molecule has 4 rings (SSSR count). The van der Waals surface area contributed by atoms with E-state index in [-0.39, 0.29) is 5.91 Å². The van der Waals surface area contributed by atoms with E-state index in [1.54, 1.807) is 13.3 Å². The second-order valence-electron chi connectivity index (χ2n) is 6.76. The van der Waals surface area contributed by atoms with Crippen LogP contribution in [0.4, 0.5) is 5.69 Å². The summed E-state index contributed by atoms with van der Waals surface area (Å²) in [5, 5.41) is 0. The maximum Gasteiger partial charge on any atom is 0.237 e. The average molecular weight is 362 g/mol. The smallest absolute Gasteiger partial charge is 0.237 e. The summed E-state index contributed by atoms with van der Waals surface area (Å²) in [6.07, 6.45) is 4.62. The number of carbonyl (C=O) groups is 1. The fraction of sp³-hybridized carbons (Fsp3) is 0.273. The topological polar surface area (TPSA) is 55.6 Å². The molecule has 1 unspecified atom stereocenters. The Morgan fingerprint density at radius 1 is 1.22 bits per heavy atom. The zero-order valence-electron chi connectivity index (χ0n) is 15.5. The highest BCUT2D eigenvalue weighted by Crippen LogP contribution is 2.42. The highest BCUT2D eigenvalue weighted by Gasteiger charge is 2.47.